The molecule has 0 aliphatic carbocycles. The molecule has 2 aromatic carbocycles. The van der Waals surface area contributed by atoms with Gasteiger partial charge in [-0.1, -0.05) is 36.0 Å². The summed E-state index contributed by atoms with van der Waals surface area (Å²) in [7, 11) is 1.58. The summed E-state index contributed by atoms with van der Waals surface area (Å²) in [5.41, 5.74) is 1.39. The van der Waals surface area contributed by atoms with E-state index in [1.807, 2.05) is 36.4 Å². The van der Waals surface area contributed by atoms with Crippen LogP contribution in [0.3, 0.4) is 0 Å². The van der Waals surface area contributed by atoms with Crippen molar-refractivity contribution in [2.75, 3.05) is 12.4 Å². The van der Waals surface area contributed by atoms with Gasteiger partial charge < -0.3 is 15.4 Å². The third-order valence-electron chi connectivity index (χ3n) is 3.49. The Labute approximate surface area is 149 Å². The third kappa shape index (κ3) is 4.60. The van der Waals surface area contributed by atoms with Gasteiger partial charge in [0, 0.05) is 18.2 Å². The van der Waals surface area contributed by atoms with Crippen molar-refractivity contribution in [3.8, 4) is 5.75 Å². The van der Waals surface area contributed by atoms with Crippen LogP contribution < -0.4 is 15.4 Å². The standard InChI is InChI=1S/C18H17N3O3S/c1-24-14-9-5-8-13(10-14)20-18-21-17(23)15(25-18)11-16(22)19-12-6-3-2-4-7-12/h2-10,15H,11H2,1H3,(H,19,22)(H,20,21,23). The number of thioether (sulfide) groups is 1. The molecule has 0 bridgehead atoms. The van der Waals surface area contributed by atoms with Gasteiger partial charge in [-0.2, -0.15) is 0 Å². The lowest BCUT2D eigenvalue weighted by Crippen LogP contribution is -2.28. The monoisotopic (exact) mass is 355 g/mol. The van der Waals surface area contributed by atoms with E-state index in [4.69, 9.17) is 4.74 Å². The normalized spacial score (nSPS) is 18.0. The molecule has 0 radical (unpaired) electrons. The van der Waals surface area contributed by atoms with Crippen molar-refractivity contribution in [2.45, 2.75) is 11.7 Å². The molecule has 3 rings (SSSR count). The van der Waals surface area contributed by atoms with Crippen LogP contribution >= 0.6 is 11.8 Å². The molecular weight excluding hydrogens is 338 g/mol. The summed E-state index contributed by atoms with van der Waals surface area (Å²) in [5.74, 6) is 0.270. The number of benzene rings is 2. The topological polar surface area (TPSA) is 79.8 Å². The molecule has 1 heterocycles. The molecule has 2 N–H and O–H groups in total. The number of aliphatic imine (C=N–C) groups is 1. The van der Waals surface area contributed by atoms with E-state index >= 15 is 0 Å². The number of carbonyl (C=O) groups excluding carboxylic acids is 2. The lowest BCUT2D eigenvalue weighted by atomic mass is 10.2. The second kappa shape index (κ2) is 7.85. The van der Waals surface area contributed by atoms with Crippen LogP contribution in [0.2, 0.25) is 0 Å². The van der Waals surface area contributed by atoms with Crippen molar-refractivity contribution in [3.63, 3.8) is 0 Å². The highest BCUT2D eigenvalue weighted by Crippen LogP contribution is 2.27. The first-order valence-corrected chi connectivity index (χ1v) is 8.57. The molecule has 1 saturated heterocycles. The lowest BCUT2D eigenvalue weighted by molar-refractivity contribution is -0.122. The Morgan fingerprint density at radius 1 is 1.24 bits per heavy atom. The summed E-state index contributed by atoms with van der Waals surface area (Å²) < 4.78 is 5.15. The minimum absolute atomic E-state index is 0.0858. The average Bonchev–Trinajstić information content (AvgIpc) is 2.95. The third-order valence-corrected chi connectivity index (χ3v) is 4.57. The highest BCUT2D eigenvalue weighted by atomic mass is 32.2. The van der Waals surface area contributed by atoms with E-state index in [0.29, 0.717) is 22.3 Å². The van der Waals surface area contributed by atoms with Crippen molar-refractivity contribution in [2.24, 2.45) is 4.99 Å². The van der Waals surface area contributed by atoms with Crippen LogP contribution in [0.15, 0.2) is 59.6 Å². The molecule has 0 spiro atoms. The van der Waals surface area contributed by atoms with Gasteiger partial charge in [0.2, 0.25) is 11.8 Å². The van der Waals surface area contributed by atoms with Crippen molar-refractivity contribution >= 4 is 40.1 Å². The van der Waals surface area contributed by atoms with Crippen LogP contribution in [0.5, 0.6) is 5.75 Å². The molecule has 2 aromatic rings. The minimum atomic E-state index is -0.493. The van der Waals surface area contributed by atoms with Crippen molar-refractivity contribution in [1.29, 1.82) is 0 Å². The number of amidine groups is 1. The number of hydrogen-bond acceptors (Lipinski definition) is 5. The Morgan fingerprint density at radius 3 is 2.80 bits per heavy atom. The molecule has 1 unspecified atom stereocenters. The van der Waals surface area contributed by atoms with E-state index in [-0.39, 0.29) is 18.2 Å². The van der Waals surface area contributed by atoms with Gasteiger partial charge in [-0.3, -0.25) is 9.59 Å². The molecule has 1 aliphatic heterocycles. The van der Waals surface area contributed by atoms with Gasteiger partial charge in [0.15, 0.2) is 5.17 Å². The second-order valence-electron chi connectivity index (χ2n) is 5.33. The van der Waals surface area contributed by atoms with Gasteiger partial charge in [0.1, 0.15) is 11.0 Å². The van der Waals surface area contributed by atoms with Crippen LogP contribution in [0.1, 0.15) is 6.42 Å². The molecule has 0 saturated carbocycles. The number of methoxy groups -OCH3 is 1. The summed E-state index contributed by atoms with van der Waals surface area (Å²) >= 11 is 1.25. The van der Waals surface area contributed by atoms with E-state index in [9.17, 15) is 9.59 Å². The molecule has 2 amide bonds. The van der Waals surface area contributed by atoms with Crippen molar-refractivity contribution < 1.29 is 14.3 Å². The van der Waals surface area contributed by atoms with Gasteiger partial charge >= 0.3 is 0 Å². The maximum absolute atomic E-state index is 12.1. The fraction of sp³-hybridized carbons (Fsp3) is 0.167. The first-order valence-electron chi connectivity index (χ1n) is 7.69. The van der Waals surface area contributed by atoms with Crippen LogP contribution in [0.25, 0.3) is 0 Å². The number of nitrogens with zero attached hydrogens (tertiary/aromatic N) is 1. The molecule has 1 fully saturated rings. The molecule has 1 atom stereocenters. The van der Waals surface area contributed by atoms with E-state index in [1.165, 1.54) is 11.8 Å². The van der Waals surface area contributed by atoms with E-state index in [0.717, 1.165) is 0 Å². The van der Waals surface area contributed by atoms with E-state index < -0.39 is 5.25 Å². The molecule has 0 aromatic heterocycles. The van der Waals surface area contributed by atoms with E-state index in [2.05, 4.69) is 15.6 Å². The molecular formula is C18H17N3O3S. The van der Waals surface area contributed by atoms with Crippen LogP contribution in [0.4, 0.5) is 11.4 Å². The first kappa shape index (κ1) is 17.0. The van der Waals surface area contributed by atoms with Gasteiger partial charge in [0.25, 0.3) is 0 Å². The fourth-order valence-electron chi connectivity index (χ4n) is 2.29. The second-order valence-corrected chi connectivity index (χ2v) is 6.52. The van der Waals surface area contributed by atoms with Crippen LogP contribution in [-0.2, 0) is 9.59 Å². The summed E-state index contributed by atoms with van der Waals surface area (Å²) in [4.78, 5) is 28.6. The summed E-state index contributed by atoms with van der Waals surface area (Å²) in [6.07, 6.45) is 0.0858. The largest absolute Gasteiger partial charge is 0.497 e. The van der Waals surface area contributed by atoms with Gasteiger partial charge in [-0.15, -0.1) is 0 Å². The lowest BCUT2D eigenvalue weighted by Gasteiger charge is -2.07. The average molecular weight is 355 g/mol. The SMILES string of the molecule is COc1cccc(N=C2NC(=O)C(CC(=O)Nc3ccccc3)S2)c1. The maximum Gasteiger partial charge on any atom is 0.240 e. The highest BCUT2D eigenvalue weighted by Gasteiger charge is 2.32. The molecule has 7 heteroatoms. The molecule has 6 nitrogen and oxygen atoms in total. The number of anilines is 1. The number of rotatable bonds is 5. The predicted molar refractivity (Wildman–Crippen MR) is 99.3 cm³/mol. The van der Waals surface area contributed by atoms with E-state index in [1.54, 1.807) is 25.3 Å². The molecule has 25 heavy (non-hydrogen) atoms. The highest BCUT2D eigenvalue weighted by molar-refractivity contribution is 8.15. The molecule has 1 aliphatic rings. The Balaban J connectivity index is 1.62. The van der Waals surface area contributed by atoms with Gasteiger partial charge in [-0.25, -0.2) is 4.99 Å². The smallest absolute Gasteiger partial charge is 0.240 e. The van der Waals surface area contributed by atoms with Gasteiger partial charge in [0.05, 0.1) is 12.8 Å². The quantitative estimate of drug-likeness (QED) is 0.864. The zero-order chi connectivity index (χ0) is 17.6. The number of carbonyl (C=O) groups is 2. The summed E-state index contributed by atoms with van der Waals surface area (Å²) in [6.45, 7) is 0. The Bertz CT molecular complexity index is 808. The Hall–Kier alpha value is -2.80. The summed E-state index contributed by atoms with van der Waals surface area (Å²) in [5, 5.41) is 5.48. The maximum atomic E-state index is 12.1. The number of nitrogens with one attached hydrogen (secondary N) is 2. The molecule has 128 valence electrons. The van der Waals surface area contributed by atoms with Crippen molar-refractivity contribution in [3.05, 3.63) is 54.6 Å². The number of hydrogen-bond donors (Lipinski definition) is 2. The first-order chi connectivity index (χ1) is 12.1. The summed E-state index contributed by atoms with van der Waals surface area (Å²) in [6, 6.07) is 16.4. The zero-order valence-electron chi connectivity index (χ0n) is 13.6. The zero-order valence-corrected chi connectivity index (χ0v) is 14.4. The Kier molecular flexibility index (Phi) is 5.35. The van der Waals surface area contributed by atoms with Crippen molar-refractivity contribution in [1.82, 2.24) is 5.32 Å². The number of ether oxygens (including phenoxy) is 1. The van der Waals surface area contributed by atoms with Crippen LogP contribution in [0, 0.1) is 0 Å². The number of para-hydroxylation sites is 1. The Morgan fingerprint density at radius 2 is 2.04 bits per heavy atom. The fourth-order valence-corrected chi connectivity index (χ4v) is 3.28. The number of amides is 2. The van der Waals surface area contributed by atoms with Crippen LogP contribution in [-0.4, -0.2) is 29.3 Å². The van der Waals surface area contributed by atoms with Gasteiger partial charge in [-0.05, 0) is 24.3 Å². The predicted octanol–water partition coefficient (Wildman–Crippen LogP) is 2.94. The minimum Gasteiger partial charge on any atom is -0.497 e.